The molecule has 1 aliphatic heterocycles. The Labute approximate surface area is 566 Å². The Hall–Kier alpha value is -1.96. The van der Waals surface area contributed by atoms with Crippen LogP contribution in [0.15, 0.2) is 0 Å². The van der Waals surface area contributed by atoms with Gasteiger partial charge in [0.05, 0.1) is 13.2 Å². The van der Waals surface area contributed by atoms with Crippen LogP contribution in [0.3, 0.4) is 0 Å². The second-order valence-corrected chi connectivity index (χ2v) is 27.2. The van der Waals surface area contributed by atoms with E-state index in [4.69, 9.17) is 18.9 Å². The minimum absolute atomic E-state index is 0.0218. The summed E-state index contributed by atoms with van der Waals surface area (Å²) in [4.78, 5) is 56.9. The van der Waals surface area contributed by atoms with Crippen LogP contribution in [0.25, 0.3) is 0 Å². The normalized spacial score (nSPS) is 12.8. The molecule has 0 radical (unpaired) electrons. The Kier molecular flexibility index (Phi) is 78.8. The number of esters is 2. The predicted octanol–water partition coefficient (Wildman–Crippen LogP) is 20.6. The van der Waals surface area contributed by atoms with Crippen LogP contribution in [-0.2, 0) is 38.1 Å². The van der Waals surface area contributed by atoms with Crippen LogP contribution >= 0.6 is 0 Å². The maximum Gasteiger partial charge on any atom is 0.305 e. The number of rotatable bonds is 70. The molecule has 542 valence electrons. The van der Waals surface area contributed by atoms with E-state index in [1.54, 1.807) is 7.11 Å². The monoisotopic (exact) mass is 1290 g/mol. The number of hydrogen-bond donors (Lipinski definition) is 0. The maximum atomic E-state index is 12.4. The lowest BCUT2D eigenvalue weighted by Gasteiger charge is -2.37. The van der Waals surface area contributed by atoms with E-state index in [9.17, 15) is 19.2 Å². The molecule has 1 heterocycles. The van der Waals surface area contributed by atoms with Crippen LogP contribution in [0.2, 0.25) is 0 Å². The second-order valence-electron chi connectivity index (χ2n) is 27.2. The number of carbonyl (C=O) groups is 4. The van der Waals surface area contributed by atoms with Gasteiger partial charge in [-0.1, -0.05) is 253 Å². The third-order valence-corrected chi connectivity index (χ3v) is 18.6. The molecule has 0 saturated carbocycles. The van der Waals surface area contributed by atoms with Gasteiger partial charge in [-0.05, 0) is 116 Å². The molecule has 0 N–H and O–H groups in total. The highest BCUT2D eigenvalue weighted by Crippen LogP contribution is 2.23. The van der Waals surface area contributed by atoms with E-state index in [0.717, 1.165) is 187 Å². The van der Waals surface area contributed by atoms with Gasteiger partial charge in [-0.3, -0.25) is 19.4 Å². The first-order valence-corrected chi connectivity index (χ1v) is 39.8. The largest absolute Gasteiger partial charge is 0.466 e. The minimum Gasteiger partial charge on any atom is -0.466 e. The summed E-state index contributed by atoms with van der Waals surface area (Å²) in [6.07, 6.45) is 63.0. The summed E-state index contributed by atoms with van der Waals surface area (Å²) in [5.41, 5.74) is 0. The molecule has 12 heteroatoms. The van der Waals surface area contributed by atoms with Gasteiger partial charge in [0, 0.05) is 105 Å². The number of aldehydes is 2. The van der Waals surface area contributed by atoms with E-state index in [1.165, 1.54) is 225 Å². The van der Waals surface area contributed by atoms with Crippen molar-refractivity contribution in [1.82, 2.24) is 19.6 Å². The Balaban J connectivity index is 0. The van der Waals surface area contributed by atoms with Crippen LogP contribution in [0.5, 0.6) is 0 Å². The minimum atomic E-state index is -0.0218. The number of nitrogens with zero attached hydrogens (tertiary/aromatic N) is 4. The van der Waals surface area contributed by atoms with Gasteiger partial charge < -0.3 is 38.3 Å². The van der Waals surface area contributed by atoms with Crippen LogP contribution < -0.4 is 0 Å². The van der Waals surface area contributed by atoms with Crippen molar-refractivity contribution in [3.05, 3.63) is 0 Å². The van der Waals surface area contributed by atoms with Crippen molar-refractivity contribution in [3.8, 4) is 0 Å². The van der Waals surface area contributed by atoms with Gasteiger partial charge in [-0.15, -0.1) is 0 Å². The van der Waals surface area contributed by atoms with Gasteiger partial charge in [0.2, 0.25) is 0 Å². The molecule has 0 amide bonds. The van der Waals surface area contributed by atoms with E-state index in [1.807, 2.05) is 7.11 Å². The molecule has 0 aromatic rings. The topological polar surface area (TPSA) is 118 Å². The van der Waals surface area contributed by atoms with Crippen molar-refractivity contribution in [1.29, 1.82) is 0 Å². The van der Waals surface area contributed by atoms with Crippen molar-refractivity contribution in [2.24, 2.45) is 5.92 Å². The molecule has 0 aromatic carbocycles. The summed E-state index contributed by atoms with van der Waals surface area (Å²) >= 11 is 0. The molecule has 0 bridgehead atoms. The first kappa shape index (κ1) is 91.1. The summed E-state index contributed by atoms with van der Waals surface area (Å²) < 4.78 is 21.1. The number of hydrogen-bond acceptors (Lipinski definition) is 12. The Bertz CT molecular complexity index is 1320. The fourth-order valence-electron chi connectivity index (χ4n) is 12.4. The fourth-order valence-corrected chi connectivity index (χ4v) is 12.4. The van der Waals surface area contributed by atoms with Crippen molar-refractivity contribution >= 4 is 24.5 Å². The average molecular weight is 1290 g/mol. The summed E-state index contributed by atoms with van der Waals surface area (Å²) in [5, 5.41) is 0. The molecule has 1 rings (SSSR count). The highest BCUT2D eigenvalue weighted by Gasteiger charge is 2.19. The molecule has 1 saturated heterocycles. The molecule has 0 atom stereocenters. The van der Waals surface area contributed by atoms with Crippen molar-refractivity contribution in [2.75, 3.05) is 119 Å². The van der Waals surface area contributed by atoms with Gasteiger partial charge in [-0.2, -0.15) is 0 Å². The van der Waals surface area contributed by atoms with Crippen LogP contribution in [0.4, 0.5) is 0 Å². The first-order valence-electron chi connectivity index (χ1n) is 39.8. The lowest BCUT2D eigenvalue weighted by Crippen LogP contribution is -2.50. The molecule has 91 heavy (non-hydrogen) atoms. The first-order chi connectivity index (χ1) is 44.8. The summed E-state index contributed by atoms with van der Waals surface area (Å²) in [5.74, 6) is 0.922. The van der Waals surface area contributed by atoms with E-state index in [-0.39, 0.29) is 11.9 Å². The zero-order valence-electron chi connectivity index (χ0n) is 62.2. The molecule has 12 nitrogen and oxygen atoms in total. The standard InChI is InChI=1S/C58H112N4O6.C15H32O.C6H14O/c1-3-5-7-9-11-13-19-25-37-55-67-57(65)39-29-27-33-43-59(41-31-21-15-17-23-35-53-63)45-47-61-49-51-62(52-50-61)48-46-60(42-32-22-16-18-24-36-54-64)44-34-28-30-40-58(66)68-56-38-26-20-14-12-10-8-6-4-2;1-4-6-8-11-15(12-9-7-5-2)13-10-14-16-3;1-3-4-5-6-7-2/h53-54H,3-52,55-56H2,1-2H3;15H,4-14H2,1-3H3;3-6H2,1-2H3. The van der Waals surface area contributed by atoms with Crippen molar-refractivity contribution < 1.29 is 38.1 Å². The third kappa shape index (κ3) is 72.2. The smallest absolute Gasteiger partial charge is 0.305 e. The molecular weight excluding hydrogens is 1130 g/mol. The molecule has 1 fully saturated rings. The lowest BCUT2D eigenvalue weighted by molar-refractivity contribution is -0.144. The molecule has 0 unspecified atom stereocenters. The van der Waals surface area contributed by atoms with E-state index in [2.05, 4.69) is 54.2 Å². The lowest BCUT2D eigenvalue weighted by atomic mass is 9.91. The van der Waals surface area contributed by atoms with Gasteiger partial charge in [-0.25, -0.2) is 0 Å². The van der Waals surface area contributed by atoms with Crippen LogP contribution in [0, 0.1) is 5.92 Å². The molecule has 0 spiro atoms. The number of methoxy groups -OCH3 is 2. The number of piperazine rings is 1. The highest BCUT2D eigenvalue weighted by molar-refractivity contribution is 5.69. The molecule has 1 aliphatic rings. The van der Waals surface area contributed by atoms with Gasteiger partial charge >= 0.3 is 11.9 Å². The molecule has 0 aliphatic carbocycles. The van der Waals surface area contributed by atoms with Gasteiger partial charge in [0.1, 0.15) is 12.6 Å². The number of unbranched alkanes of at least 4 members (excludes halogenated alkanes) is 36. The van der Waals surface area contributed by atoms with Crippen LogP contribution in [-0.4, -0.2) is 163 Å². The maximum absolute atomic E-state index is 12.4. The zero-order valence-corrected chi connectivity index (χ0v) is 62.2. The Morgan fingerprint density at radius 2 is 0.604 bits per heavy atom. The number of carbonyl (C=O) groups excluding carboxylic acids is 4. The van der Waals surface area contributed by atoms with Gasteiger partial charge in [0.15, 0.2) is 0 Å². The third-order valence-electron chi connectivity index (χ3n) is 18.6. The molecular formula is C79H158N4O8. The van der Waals surface area contributed by atoms with E-state index in [0.29, 0.717) is 38.9 Å². The van der Waals surface area contributed by atoms with Crippen LogP contribution in [0.1, 0.15) is 362 Å². The predicted molar refractivity (Wildman–Crippen MR) is 391 cm³/mol. The van der Waals surface area contributed by atoms with E-state index < -0.39 is 0 Å². The Morgan fingerprint density at radius 1 is 0.330 bits per heavy atom. The summed E-state index contributed by atoms with van der Waals surface area (Å²) in [6, 6.07) is 0. The SMILES string of the molecule is CCCCCC(CCCCC)CCCOC.CCCCCCCCCCCOC(=O)CCCCCN(CCCCCCCC=O)CCN1CCN(CCN(CCCCCCCC=O)CCCCCC(=O)OCCCCCCCCCCC)CC1.CCCCCOC. The summed E-state index contributed by atoms with van der Waals surface area (Å²) in [6.45, 7) is 27.7. The quantitative estimate of drug-likeness (QED) is 0.0328. The summed E-state index contributed by atoms with van der Waals surface area (Å²) in [7, 11) is 3.55. The average Bonchev–Trinajstić information content (AvgIpc) is 3.13. The molecule has 0 aromatic heterocycles. The Morgan fingerprint density at radius 3 is 0.956 bits per heavy atom. The number of ether oxygens (including phenoxy) is 4. The second kappa shape index (κ2) is 78.7. The fraction of sp³-hybridized carbons (Fsp3) is 0.949. The van der Waals surface area contributed by atoms with Crippen molar-refractivity contribution in [2.45, 2.75) is 362 Å². The van der Waals surface area contributed by atoms with E-state index >= 15 is 0 Å². The highest BCUT2D eigenvalue weighted by atomic mass is 16.5. The zero-order chi connectivity index (χ0) is 66.7. The van der Waals surface area contributed by atoms with Gasteiger partial charge in [0.25, 0.3) is 0 Å². The van der Waals surface area contributed by atoms with Crippen molar-refractivity contribution in [3.63, 3.8) is 0 Å².